The molecule has 0 atom stereocenters. The molecule has 3 N–H and O–H groups in total. The first kappa shape index (κ1) is 16.4. The Balaban J connectivity index is 1.79. The van der Waals surface area contributed by atoms with E-state index in [0.29, 0.717) is 17.0 Å². The number of amides is 1. The Bertz CT molecular complexity index is 1150. The van der Waals surface area contributed by atoms with Crippen molar-refractivity contribution >= 4 is 28.9 Å². The molecule has 10 heteroatoms. The molecule has 9 nitrogen and oxygen atoms in total. The van der Waals surface area contributed by atoms with Gasteiger partial charge in [0.05, 0.1) is 11.9 Å². The molecule has 0 spiro atoms. The molecule has 0 aliphatic heterocycles. The fourth-order valence-corrected chi connectivity index (χ4v) is 2.48. The number of fused-ring (bicyclic) bond motifs is 1. The molecular weight excluding hydrogens is 353 g/mol. The molecule has 0 unspecified atom stereocenters. The van der Waals surface area contributed by atoms with Gasteiger partial charge in [-0.15, -0.1) is 5.10 Å². The first-order valence-electron chi connectivity index (χ1n) is 7.79. The molecule has 0 aromatic carbocycles. The van der Waals surface area contributed by atoms with E-state index in [1.54, 1.807) is 35.0 Å². The molecular formula is C17H12FN7O2. The van der Waals surface area contributed by atoms with Gasteiger partial charge < -0.3 is 10.4 Å². The third kappa shape index (κ3) is 3.35. The Morgan fingerprint density at radius 1 is 1.15 bits per heavy atom. The van der Waals surface area contributed by atoms with Crippen molar-refractivity contribution in [1.82, 2.24) is 24.6 Å². The Labute approximate surface area is 151 Å². The molecule has 0 radical (unpaired) electrons. The van der Waals surface area contributed by atoms with Crippen LogP contribution in [0, 0.1) is 5.82 Å². The van der Waals surface area contributed by atoms with E-state index in [4.69, 9.17) is 5.11 Å². The Kier molecular flexibility index (Phi) is 4.05. The molecule has 27 heavy (non-hydrogen) atoms. The lowest BCUT2D eigenvalue weighted by Gasteiger charge is -2.10. The summed E-state index contributed by atoms with van der Waals surface area (Å²) in [4.78, 5) is 23.2. The average Bonchev–Trinajstić information content (AvgIpc) is 3.12. The summed E-state index contributed by atoms with van der Waals surface area (Å²) in [5.41, 5.74) is 1.21. The van der Waals surface area contributed by atoms with Crippen molar-refractivity contribution in [1.29, 1.82) is 0 Å². The maximum Gasteiger partial charge on any atom is 0.410 e. The van der Waals surface area contributed by atoms with Crippen LogP contribution in [-0.2, 0) is 0 Å². The summed E-state index contributed by atoms with van der Waals surface area (Å²) in [5.74, 6) is 0.234. The zero-order valence-corrected chi connectivity index (χ0v) is 13.7. The van der Waals surface area contributed by atoms with Crippen LogP contribution in [0.3, 0.4) is 0 Å². The average molecular weight is 365 g/mol. The molecule has 0 fully saturated rings. The van der Waals surface area contributed by atoms with Gasteiger partial charge in [-0.2, -0.15) is 0 Å². The molecule has 4 aromatic heterocycles. The first-order valence-corrected chi connectivity index (χ1v) is 7.79. The van der Waals surface area contributed by atoms with E-state index in [2.05, 4.69) is 30.7 Å². The number of rotatable bonds is 4. The lowest BCUT2D eigenvalue weighted by molar-refractivity contribution is 0.209. The molecule has 0 saturated carbocycles. The quantitative estimate of drug-likeness (QED) is 0.508. The van der Waals surface area contributed by atoms with E-state index in [1.165, 1.54) is 18.3 Å². The molecule has 0 aliphatic carbocycles. The largest absolute Gasteiger partial charge is 0.465 e. The van der Waals surface area contributed by atoms with Crippen molar-refractivity contribution in [3.8, 4) is 11.5 Å². The Morgan fingerprint density at radius 3 is 2.85 bits per heavy atom. The molecule has 4 aromatic rings. The second kappa shape index (κ2) is 6.67. The summed E-state index contributed by atoms with van der Waals surface area (Å²) >= 11 is 0. The van der Waals surface area contributed by atoms with Gasteiger partial charge in [0.2, 0.25) is 5.82 Å². The van der Waals surface area contributed by atoms with Crippen molar-refractivity contribution in [2.24, 2.45) is 0 Å². The molecule has 4 heterocycles. The van der Waals surface area contributed by atoms with E-state index >= 15 is 0 Å². The Morgan fingerprint density at radius 2 is 2.04 bits per heavy atom. The van der Waals surface area contributed by atoms with Crippen LogP contribution in [0.15, 0.2) is 55.0 Å². The third-order valence-corrected chi connectivity index (χ3v) is 3.63. The van der Waals surface area contributed by atoms with Gasteiger partial charge >= 0.3 is 6.09 Å². The first-order chi connectivity index (χ1) is 13.1. The van der Waals surface area contributed by atoms with Crippen LogP contribution in [-0.4, -0.2) is 35.8 Å². The highest BCUT2D eigenvalue weighted by Gasteiger charge is 2.13. The SMILES string of the molecule is O=C(O)Nc1cccc(-c2nc(Nc3ccncc3F)c3cccn3n2)n1. The third-order valence-electron chi connectivity index (χ3n) is 3.63. The number of nitrogens with one attached hydrogen (secondary N) is 2. The summed E-state index contributed by atoms with van der Waals surface area (Å²) < 4.78 is 15.5. The molecule has 4 rings (SSSR count). The minimum absolute atomic E-state index is 0.144. The number of hydrogen-bond donors (Lipinski definition) is 3. The highest BCUT2D eigenvalue weighted by molar-refractivity contribution is 5.82. The van der Waals surface area contributed by atoms with Crippen LogP contribution in [0.5, 0.6) is 0 Å². The van der Waals surface area contributed by atoms with E-state index in [1.807, 2.05) is 0 Å². The molecule has 1 amide bonds. The van der Waals surface area contributed by atoms with Crippen molar-refractivity contribution < 1.29 is 14.3 Å². The normalized spacial score (nSPS) is 10.7. The highest BCUT2D eigenvalue weighted by Crippen LogP contribution is 2.24. The number of anilines is 3. The van der Waals surface area contributed by atoms with Gasteiger partial charge in [0, 0.05) is 12.4 Å². The minimum Gasteiger partial charge on any atom is -0.465 e. The highest BCUT2D eigenvalue weighted by atomic mass is 19.1. The van der Waals surface area contributed by atoms with Crippen molar-refractivity contribution in [2.45, 2.75) is 0 Å². The number of carbonyl (C=O) groups is 1. The predicted octanol–water partition coefficient (Wildman–Crippen LogP) is 3.16. The summed E-state index contributed by atoms with van der Waals surface area (Å²) in [6, 6.07) is 9.84. The summed E-state index contributed by atoms with van der Waals surface area (Å²) in [5, 5.41) is 18.3. The second-order valence-electron chi connectivity index (χ2n) is 5.44. The molecule has 134 valence electrons. The van der Waals surface area contributed by atoms with Crippen LogP contribution in [0.1, 0.15) is 0 Å². The van der Waals surface area contributed by atoms with Crippen molar-refractivity contribution in [3.05, 3.63) is 60.8 Å². The van der Waals surface area contributed by atoms with Crippen LogP contribution in [0.2, 0.25) is 0 Å². The van der Waals surface area contributed by atoms with Crippen LogP contribution in [0.4, 0.5) is 26.5 Å². The van der Waals surface area contributed by atoms with Crippen LogP contribution < -0.4 is 10.6 Å². The van der Waals surface area contributed by atoms with E-state index in [-0.39, 0.29) is 17.3 Å². The van der Waals surface area contributed by atoms with Crippen molar-refractivity contribution in [3.63, 3.8) is 0 Å². The summed E-state index contributed by atoms with van der Waals surface area (Å²) in [6.07, 6.45) is 3.05. The van der Waals surface area contributed by atoms with Gasteiger partial charge in [-0.25, -0.2) is 23.7 Å². The predicted molar refractivity (Wildman–Crippen MR) is 95.3 cm³/mol. The van der Waals surface area contributed by atoms with Gasteiger partial charge in [-0.05, 0) is 30.3 Å². The fourth-order valence-electron chi connectivity index (χ4n) is 2.48. The van der Waals surface area contributed by atoms with Gasteiger partial charge in [0.15, 0.2) is 11.6 Å². The van der Waals surface area contributed by atoms with Gasteiger partial charge in [0.1, 0.15) is 17.0 Å². The molecule has 0 bridgehead atoms. The number of pyridine rings is 2. The van der Waals surface area contributed by atoms with Crippen molar-refractivity contribution in [2.75, 3.05) is 10.6 Å². The minimum atomic E-state index is -1.23. The van der Waals surface area contributed by atoms with E-state index < -0.39 is 11.9 Å². The second-order valence-corrected chi connectivity index (χ2v) is 5.44. The summed E-state index contributed by atoms with van der Waals surface area (Å²) in [7, 11) is 0. The van der Waals surface area contributed by atoms with E-state index in [0.717, 1.165) is 6.20 Å². The topological polar surface area (TPSA) is 117 Å². The van der Waals surface area contributed by atoms with Gasteiger partial charge in [0.25, 0.3) is 0 Å². The standard InChI is InChI=1S/C17H12FN7O2/c18-10-9-19-7-6-11(10)21-16-13-4-2-8-25(13)24-15(23-16)12-3-1-5-14(20-12)22-17(26)27/h1-9H,(H,20,22)(H,26,27)(H,19,21,23,24). The maximum absolute atomic E-state index is 13.9. The van der Waals surface area contributed by atoms with Crippen LogP contribution >= 0.6 is 0 Å². The summed E-state index contributed by atoms with van der Waals surface area (Å²) in [6.45, 7) is 0. The number of halogens is 1. The van der Waals surface area contributed by atoms with Gasteiger partial charge in [-0.1, -0.05) is 6.07 Å². The number of aromatic nitrogens is 5. The van der Waals surface area contributed by atoms with E-state index in [9.17, 15) is 9.18 Å². The Hall–Kier alpha value is -4.08. The number of carboxylic acid groups (broad SMARTS) is 1. The fraction of sp³-hybridized carbons (Fsp3) is 0. The smallest absolute Gasteiger partial charge is 0.410 e. The monoisotopic (exact) mass is 365 g/mol. The maximum atomic E-state index is 13.9. The van der Waals surface area contributed by atoms with Crippen LogP contribution in [0.25, 0.3) is 17.0 Å². The zero-order chi connectivity index (χ0) is 18.8. The number of hydrogen-bond acceptors (Lipinski definition) is 6. The lowest BCUT2D eigenvalue weighted by Crippen LogP contribution is -2.09. The zero-order valence-electron chi connectivity index (χ0n) is 13.7. The van der Waals surface area contributed by atoms with Gasteiger partial charge in [-0.3, -0.25) is 10.3 Å². The molecule has 0 saturated heterocycles. The lowest BCUT2D eigenvalue weighted by atomic mass is 10.3. The molecule has 0 aliphatic rings. The number of nitrogens with zero attached hydrogens (tertiary/aromatic N) is 5.